The molecule has 10 nitrogen and oxygen atoms in total. The molecule has 2 aliphatic rings. The number of nitrogens with zero attached hydrogens (tertiary/aromatic N) is 4. The maximum Gasteiger partial charge on any atom is 0.411 e. The number of nitrogens with one attached hydrogen (secondary N) is 1. The van der Waals surface area contributed by atoms with Crippen molar-refractivity contribution in [1.29, 1.82) is 0 Å². The van der Waals surface area contributed by atoms with Gasteiger partial charge >= 0.3 is 11.8 Å². The number of thiophene rings is 1. The van der Waals surface area contributed by atoms with Crippen molar-refractivity contribution in [1.82, 2.24) is 19.4 Å². The molecule has 0 bridgehead atoms. The van der Waals surface area contributed by atoms with E-state index in [1.807, 2.05) is 11.8 Å². The average Bonchev–Trinajstić information content (AvgIpc) is 3.42. The van der Waals surface area contributed by atoms with Gasteiger partial charge in [-0.25, -0.2) is 9.59 Å². The highest BCUT2D eigenvalue weighted by molar-refractivity contribution is 7.18. The van der Waals surface area contributed by atoms with Crippen LogP contribution in [0.5, 0.6) is 0 Å². The van der Waals surface area contributed by atoms with E-state index in [2.05, 4.69) is 10.3 Å². The molecule has 11 heteroatoms. The summed E-state index contributed by atoms with van der Waals surface area (Å²) < 4.78 is 8.68. The summed E-state index contributed by atoms with van der Waals surface area (Å²) >= 11 is 1.41. The topological polar surface area (TPSA) is 118 Å². The van der Waals surface area contributed by atoms with E-state index in [4.69, 9.17) is 9.84 Å². The molecule has 1 unspecified atom stereocenters. The summed E-state index contributed by atoms with van der Waals surface area (Å²) in [5, 5.41) is 11.9. The molecule has 1 saturated heterocycles. The molecule has 1 amide bonds. The lowest BCUT2D eigenvalue weighted by Gasteiger charge is -2.19. The lowest BCUT2D eigenvalue weighted by atomic mass is 10.2. The second-order valence-electron chi connectivity index (χ2n) is 7.47. The second-order valence-corrected chi connectivity index (χ2v) is 8.55. The standard InChI is InChI=1S/C19H25N5O5S/c1-3-23-15(25)14-11(2)13(10-22-7-6-20-17(22)21-18(26)27)30-16(14)24(19(23)28)9-12-5-4-8-29-12/h12H,3-10H2,1-2H3,(H,20,21)(H,26,27). The largest absolute Gasteiger partial charge is 0.465 e. The molecule has 0 aliphatic carbocycles. The Kier molecular flexibility index (Phi) is 5.65. The van der Waals surface area contributed by atoms with Crippen molar-refractivity contribution in [2.45, 2.75) is 52.4 Å². The Labute approximate surface area is 176 Å². The van der Waals surface area contributed by atoms with E-state index >= 15 is 0 Å². The first-order chi connectivity index (χ1) is 14.4. The molecule has 2 aromatic rings. The summed E-state index contributed by atoms with van der Waals surface area (Å²) in [4.78, 5) is 44.7. The maximum absolute atomic E-state index is 13.0. The first kappa shape index (κ1) is 20.6. The summed E-state index contributed by atoms with van der Waals surface area (Å²) in [5.41, 5.74) is 0.235. The fourth-order valence-corrected chi connectivity index (χ4v) is 5.36. The summed E-state index contributed by atoms with van der Waals surface area (Å²) in [7, 11) is 0. The lowest BCUT2D eigenvalue weighted by molar-refractivity contribution is 0.0966. The van der Waals surface area contributed by atoms with Gasteiger partial charge in [0.15, 0.2) is 0 Å². The van der Waals surface area contributed by atoms with Gasteiger partial charge in [0, 0.05) is 24.6 Å². The summed E-state index contributed by atoms with van der Waals surface area (Å²) in [6.07, 6.45) is 0.671. The molecule has 0 radical (unpaired) electrons. The Bertz CT molecular complexity index is 1130. The van der Waals surface area contributed by atoms with E-state index < -0.39 is 6.09 Å². The zero-order valence-corrected chi connectivity index (χ0v) is 17.8. The van der Waals surface area contributed by atoms with Crippen molar-refractivity contribution in [3.8, 4) is 0 Å². The number of guanidine groups is 1. The van der Waals surface area contributed by atoms with E-state index in [9.17, 15) is 14.4 Å². The molecule has 4 rings (SSSR count). The number of carbonyl (C=O) groups is 1. The Morgan fingerprint density at radius 1 is 1.37 bits per heavy atom. The highest BCUT2D eigenvalue weighted by Gasteiger charge is 2.26. The number of rotatable bonds is 5. The number of amides is 1. The molecule has 1 fully saturated rings. The molecule has 0 saturated carbocycles. The molecule has 30 heavy (non-hydrogen) atoms. The number of aryl methyl sites for hydroxylation is 1. The van der Waals surface area contributed by atoms with Crippen LogP contribution in [0.1, 0.15) is 30.2 Å². The summed E-state index contributed by atoms with van der Waals surface area (Å²) in [5.74, 6) is 0.307. The van der Waals surface area contributed by atoms with Crippen molar-refractivity contribution < 1.29 is 14.6 Å². The molecule has 0 spiro atoms. The van der Waals surface area contributed by atoms with E-state index in [0.717, 1.165) is 23.3 Å². The smallest absolute Gasteiger partial charge is 0.411 e. The molecule has 2 aromatic heterocycles. The Morgan fingerprint density at radius 2 is 2.17 bits per heavy atom. The number of hydrogen-bond acceptors (Lipinski definition) is 7. The van der Waals surface area contributed by atoms with Crippen LogP contribution < -0.4 is 16.6 Å². The van der Waals surface area contributed by atoms with E-state index in [0.29, 0.717) is 55.5 Å². The second kappa shape index (κ2) is 8.23. The van der Waals surface area contributed by atoms with Gasteiger partial charge in [-0.3, -0.25) is 24.2 Å². The zero-order valence-electron chi connectivity index (χ0n) is 17.0. The minimum Gasteiger partial charge on any atom is -0.465 e. The first-order valence-electron chi connectivity index (χ1n) is 10.1. The molecule has 0 aromatic carbocycles. The van der Waals surface area contributed by atoms with Crippen LogP contribution in [-0.4, -0.2) is 57.0 Å². The highest BCUT2D eigenvalue weighted by atomic mass is 32.1. The van der Waals surface area contributed by atoms with E-state index in [1.165, 1.54) is 15.9 Å². The van der Waals surface area contributed by atoms with Gasteiger partial charge in [0.05, 0.1) is 31.1 Å². The predicted molar refractivity (Wildman–Crippen MR) is 114 cm³/mol. The van der Waals surface area contributed by atoms with E-state index in [-0.39, 0.29) is 17.4 Å². The third-order valence-electron chi connectivity index (χ3n) is 5.60. The van der Waals surface area contributed by atoms with Crippen molar-refractivity contribution >= 4 is 33.6 Å². The predicted octanol–water partition coefficient (Wildman–Crippen LogP) is 1.17. The molecule has 2 aliphatic heterocycles. The Hall–Kier alpha value is -2.66. The minimum absolute atomic E-state index is 0.0309. The first-order valence-corrected chi connectivity index (χ1v) is 10.9. The zero-order chi connectivity index (χ0) is 21.4. The SMILES string of the molecule is CCn1c(=O)c2c(C)c(CN3CCN=C3NC(=O)O)sc2n(CC2CCCO2)c1=O. The third kappa shape index (κ3) is 3.63. The van der Waals surface area contributed by atoms with Crippen LogP contribution in [0.3, 0.4) is 0 Å². The Morgan fingerprint density at radius 3 is 2.83 bits per heavy atom. The average molecular weight is 436 g/mol. The van der Waals surface area contributed by atoms with Gasteiger partial charge in [0.2, 0.25) is 5.96 Å². The van der Waals surface area contributed by atoms with Crippen molar-refractivity contribution in [3.63, 3.8) is 0 Å². The minimum atomic E-state index is -1.16. The normalized spacial score (nSPS) is 18.9. The van der Waals surface area contributed by atoms with Crippen LogP contribution in [0.15, 0.2) is 14.6 Å². The lowest BCUT2D eigenvalue weighted by Crippen LogP contribution is -2.41. The van der Waals surface area contributed by atoms with E-state index in [1.54, 1.807) is 11.5 Å². The van der Waals surface area contributed by atoms with Crippen LogP contribution >= 0.6 is 11.3 Å². The van der Waals surface area contributed by atoms with Gasteiger partial charge in [-0.05, 0) is 32.3 Å². The molecule has 162 valence electrons. The van der Waals surface area contributed by atoms with Crippen molar-refractivity contribution in [3.05, 3.63) is 31.3 Å². The third-order valence-corrected chi connectivity index (χ3v) is 6.90. The maximum atomic E-state index is 13.0. The quantitative estimate of drug-likeness (QED) is 0.728. The van der Waals surface area contributed by atoms with Crippen LogP contribution in [0.25, 0.3) is 10.2 Å². The van der Waals surface area contributed by atoms with Crippen molar-refractivity contribution in [2.75, 3.05) is 19.7 Å². The van der Waals surface area contributed by atoms with Gasteiger partial charge in [0.1, 0.15) is 4.83 Å². The molecular formula is C19H25N5O5S. The number of fused-ring (bicyclic) bond motifs is 1. The van der Waals surface area contributed by atoms with Crippen LogP contribution in [0, 0.1) is 6.92 Å². The monoisotopic (exact) mass is 435 g/mol. The molecular weight excluding hydrogens is 410 g/mol. The fraction of sp³-hybridized carbons (Fsp3) is 0.579. The number of carboxylic acid groups (broad SMARTS) is 1. The van der Waals surface area contributed by atoms with Gasteiger partial charge in [-0.2, -0.15) is 0 Å². The molecule has 2 N–H and O–H groups in total. The Balaban J connectivity index is 1.77. The summed E-state index contributed by atoms with van der Waals surface area (Å²) in [6.45, 7) is 6.60. The molecule has 1 atom stereocenters. The number of ether oxygens (including phenoxy) is 1. The number of aliphatic imine (C=N–C) groups is 1. The number of hydrogen-bond donors (Lipinski definition) is 2. The van der Waals surface area contributed by atoms with Gasteiger partial charge in [-0.15, -0.1) is 11.3 Å². The van der Waals surface area contributed by atoms with Gasteiger partial charge in [-0.1, -0.05) is 0 Å². The van der Waals surface area contributed by atoms with Crippen LogP contribution in [-0.2, 0) is 24.4 Å². The number of aromatic nitrogens is 2. The fourth-order valence-electron chi connectivity index (χ4n) is 4.05. The van der Waals surface area contributed by atoms with Crippen LogP contribution in [0.2, 0.25) is 0 Å². The molecule has 4 heterocycles. The highest BCUT2D eigenvalue weighted by Crippen LogP contribution is 2.30. The summed E-state index contributed by atoms with van der Waals surface area (Å²) in [6, 6.07) is 0. The van der Waals surface area contributed by atoms with Crippen LogP contribution in [0.4, 0.5) is 4.79 Å². The van der Waals surface area contributed by atoms with Gasteiger partial charge < -0.3 is 14.7 Å². The van der Waals surface area contributed by atoms with Crippen molar-refractivity contribution in [2.24, 2.45) is 4.99 Å². The van der Waals surface area contributed by atoms with Gasteiger partial charge in [0.25, 0.3) is 5.56 Å².